The molecule has 10 heteroatoms. The molecule has 3 aromatic carbocycles. The monoisotopic (exact) mass is 521 g/mol. The van der Waals surface area contributed by atoms with Crippen LogP contribution in [0.4, 0.5) is 17.1 Å². The van der Waals surface area contributed by atoms with Crippen molar-refractivity contribution in [2.45, 2.75) is 4.90 Å². The molecule has 0 atom stereocenters. The van der Waals surface area contributed by atoms with Crippen molar-refractivity contribution in [3.05, 3.63) is 71.2 Å². The second-order valence-corrected chi connectivity index (χ2v) is 9.29. The third kappa shape index (κ3) is 6.09. The van der Waals surface area contributed by atoms with Gasteiger partial charge in [-0.25, -0.2) is 8.42 Å². The van der Waals surface area contributed by atoms with Crippen LogP contribution in [-0.4, -0.2) is 27.7 Å². The van der Waals surface area contributed by atoms with Gasteiger partial charge < -0.3 is 20.1 Å². The summed E-state index contributed by atoms with van der Waals surface area (Å²) >= 11 is 8.67. The molecule has 0 amide bonds. The van der Waals surface area contributed by atoms with Crippen LogP contribution < -0.4 is 24.8 Å². The molecule has 0 aliphatic carbocycles. The minimum Gasteiger partial charge on any atom is -0.497 e. The van der Waals surface area contributed by atoms with E-state index in [0.29, 0.717) is 22.2 Å². The van der Waals surface area contributed by atoms with Gasteiger partial charge in [0.05, 0.1) is 24.8 Å². The van der Waals surface area contributed by atoms with Crippen molar-refractivity contribution in [3.63, 3.8) is 0 Å². The fourth-order valence-corrected chi connectivity index (χ4v) is 4.20. The van der Waals surface area contributed by atoms with Gasteiger partial charge in [0.25, 0.3) is 10.0 Å². The highest BCUT2D eigenvalue weighted by Gasteiger charge is 2.17. The van der Waals surface area contributed by atoms with E-state index in [-0.39, 0.29) is 4.90 Å². The van der Waals surface area contributed by atoms with Crippen LogP contribution in [-0.2, 0) is 10.0 Å². The number of anilines is 3. The summed E-state index contributed by atoms with van der Waals surface area (Å²) < 4.78 is 39.4. The van der Waals surface area contributed by atoms with E-state index >= 15 is 0 Å². The number of methoxy groups -OCH3 is 2. The van der Waals surface area contributed by atoms with Gasteiger partial charge in [-0.2, -0.15) is 0 Å². The minimum atomic E-state index is -3.79. The largest absolute Gasteiger partial charge is 0.497 e. The molecule has 3 aromatic rings. The lowest BCUT2D eigenvalue weighted by molar-refractivity contribution is 0.415. The summed E-state index contributed by atoms with van der Waals surface area (Å²) in [6, 6.07) is 18.6. The van der Waals surface area contributed by atoms with E-state index in [9.17, 15) is 8.42 Å². The molecule has 0 saturated heterocycles. The maximum Gasteiger partial charge on any atom is 0.262 e. The Morgan fingerprint density at radius 1 is 0.871 bits per heavy atom. The summed E-state index contributed by atoms with van der Waals surface area (Å²) in [7, 11) is -0.739. The molecule has 0 heterocycles. The number of ether oxygens (including phenoxy) is 2. The van der Waals surface area contributed by atoms with E-state index in [0.717, 1.165) is 15.9 Å². The van der Waals surface area contributed by atoms with Gasteiger partial charge in [0, 0.05) is 21.9 Å². The number of nitrogens with one attached hydrogen (secondary N) is 3. The first-order valence-corrected chi connectivity index (χ1v) is 11.7. The standard InChI is InChI=1S/C21H20BrN3O4S2/c1-28-17-9-7-15(8-10-17)23-21(30)24-19-12-11-18(13-20(19)29-2)31(26,27)25-16-5-3-14(22)4-6-16/h3-13,25H,1-2H3,(H2,23,24,30). The quantitative estimate of drug-likeness (QED) is 0.373. The summed E-state index contributed by atoms with van der Waals surface area (Å²) in [6.45, 7) is 0. The normalized spacial score (nSPS) is 10.8. The molecule has 0 aliphatic heterocycles. The third-order valence-corrected chi connectivity index (χ3v) is 6.29. The van der Waals surface area contributed by atoms with Crippen molar-refractivity contribution in [2.75, 3.05) is 29.6 Å². The van der Waals surface area contributed by atoms with E-state index in [1.54, 1.807) is 37.4 Å². The Hall–Kier alpha value is -2.82. The van der Waals surface area contributed by atoms with Gasteiger partial charge in [0.15, 0.2) is 5.11 Å². The van der Waals surface area contributed by atoms with Crippen molar-refractivity contribution < 1.29 is 17.9 Å². The molecule has 0 bridgehead atoms. The fraction of sp³-hybridized carbons (Fsp3) is 0.0952. The zero-order valence-corrected chi connectivity index (χ0v) is 19.9. The van der Waals surface area contributed by atoms with E-state index in [1.807, 2.05) is 24.3 Å². The molecule has 7 nitrogen and oxygen atoms in total. The maximum atomic E-state index is 12.7. The summed E-state index contributed by atoms with van der Waals surface area (Å²) in [4.78, 5) is 0.0619. The number of hydrogen-bond acceptors (Lipinski definition) is 5. The fourth-order valence-electron chi connectivity index (χ4n) is 2.63. The Morgan fingerprint density at radius 3 is 2.13 bits per heavy atom. The van der Waals surface area contributed by atoms with E-state index < -0.39 is 10.0 Å². The van der Waals surface area contributed by atoms with Crippen LogP contribution in [0.15, 0.2) is 76.1 Å². The average Bonchev–Trinajstić information content (AvgIpc) is 2.76. The lowest BCUT2D eigenvalue weighted by Gasteiger charge is -2.15. The second kappa shape index (κ2) is 9.99. The molecule has 0 saturated carbocycles. The predicted octanol–water partition coefficient (Wildman–Crippen LogP) is 5.08. The Labute approximate surface area is 195 Å². The van der Waals surface area contributed by atoms with Crippen molar-refractivity contribution >= 4 is 60.3 Å². The molecule has 31 heavy (non-hydrogen) atoms. The Bertz CT molecular complexity index is 1170. The van der Waals surface area contributed by atoms with E-state index in [2.05, 4.69) is 31.3 Å². The molecule has 0 radical (unpaired) electrons. The van der Waals surface area contributed by atoms with E-state index in [4.69, 9.17) is 21.7 Å². The van der Waals surface area contributed by atoms with Crippen LogP contribution in [0.25, 0.3) is 0 Å². The van der Waals surface area contributed by atoms with Gasteiger partial charge in [0.2, 0.25) is 0 Å². The van der Waals surface area contributed by atoms with Gasteiger partial charge >= 0.3 is 0 Å². The molecule has 162 valence electrons. The summed E-state index contributed by atoms with van der Waals surface area (Å²) in [6.07, 6.45) is 0. The second-order valence-electron chi connectivity index (χ2n) is 6.28. The highest BCUT2D eigenvalue weighted by atomic mass is 79.9. The van der Waals surface area contributed by atoms with Crippen LogP contribution in [0.1, 0.15) is 0 Å². The number of rotatable bonds is 7. The van der Waals surface area contributed by atoms with Crippen LogP contribution in [0.2, 0.25) is 0 Å². The van der Waals surface area contributed by atoms with Crippen LogP contribution in [0, 0.1) is 0 Å². The molecule has 0 fully saturated rings. The molecular formula is C21H20BrN3O4S2. The number of sulfonamides is 1. The van der Waals surface area contributed by atoms with Crippen LogP contribution in [0.5, 0.6) is 11.5 Å². The summed E-state index contributed by atoms with van der Waals surface area (Å²) in [5, 5.41) is 6.39. The van der Waals surface area contributed by atoms with Crippen molar-refractivity contribution in [1.29, 1.82) is 0 Å². The van der Waals surface area contributed by atoms with Crippen molar-refractivity contribution in [3.8, 4) is 11.5 Å². The highest BCUT2D eigenvalue weighted by molar-refractivity contribution is 9.10. The smallest absolute Gasteiger partial charge is 0.262 e. The first-order chi connectivity index (χ1) is 14.8. The minimum absolute atomic E-state index is 0.0619. The van der Waals surface area contributed by atoms with Crippen molar-refractivity contribution in [2.24, 2.45) is 0 Å². The third-order valence-electron chi connectivity index (χ3n) is 4.18. The summed E-state index contributed by atoms with van der Waals surface area (Å²) in [5.74, 6) is 1.07. The predicted molar refractivity (Wildman–Crippen MR) is 131 cm³/mol. The Morgan fingerprint density at radius 2 is 1.52 bits per heavy atom. The molecule has 0 unspecified atom stereocenters. The van der Waals surface area contributed by atoms with Gasteiger partial charge in [-0.3, -0.25) is 4.72 Å². The number of halogens is 1. The zero-order valence-electron chi connectivity index (χ0n) is 16.7. The molecule has 3 rings (SSSR count). The SMILES string of the molecule is COc1ccc(NC(=S)Nc2ccc(S(=O)(=O)Nc3ccc(Br)cc3)cc2OC)cc1. The van der Waals surface area contributed by atoms with Gasteiger partial charge in [0.1, 0.15) is 11.5 Å². The van der Waals surface area contributed by atoms with Crippen LogP contribution >= 0.6 is 28.1 Å². The van der Waals surface area contributed by atoms with Gasteiger partial charge in [-0.05, 0) is 72.9 Å². The molecule has 0 spiro atoms. The zero-order chi connectivity index (χ0) is 22.4. The lowest BCUT2D eigenvalue weighted by atomic mass is 10.3. The van der Waals surface area contributed by atoms with Gasteiger partial charge in [-0.1, -0.05) is 15.9 Å². The number of thiocarbonyl (C=S) groups is 1. The van der Waals surface area contributed by atoms with Gasteiger partial charge in [-0.15, -0.1) is 0 Å². The topological polar surface area (TPSA) is 88.7 Å². The highest BCUT2D eigenvalue weighted by Crippen LogP contribution is 2.29. The average molecular weight is 522 g/mol. The van der Waals surface area contributed by atoms with E-state index in [1.165, 1.54) is 19.2 Å². The lowest BCUT2D eigenvalue weighted by Crippen LogP contribution is -2.20. The van der Waals surface area contributed by atoms with Crippen LogP contribution in [0.3, 0.4) is 0 Å². The molecule has 0 aromatic heterocycles. The molecule has 0 aliphatic rings. The molecular weight excluding hydrogens is 502 g/mol. The maximum absolute atomic E-state index is 12.7. The van der Waals surface area contributed by atoms with Crippen molar-refractivity contribution in [1.82, 2.24) is 0 Å². The first kappa shape index (κ1) is 22.9. The Kier molecular flexibility index (Phi) is 7.37. The number of hydrogen-bond donors (Lipinski definition) is 3. The molecule has 3 N–H and O–H groups in total. The number of benzene rings is 3. The summed E-state index contributed by atoms with van der Waals surface area (Å²) in [5.41, 5.74) is 1.75. The Balaban J connectivity index is 1.73. The first-order valence-electron chi connectivity index (χ1n) is 8.99.